The van der Waals surface area contributed by atoms with Crippen molar-refractivity contribution in [3.63, 3.8) is 0 Å². The predicted octanol–water partition coefficient (Wildman–Crippen LogP) is 4.43. The molecule has 0 amide bonds. The molecule has 0 fully saturated rings. The summed E-state index contributed by atoms with van der Waals surface area (Å²) in [6, 6.07) is 18.6. The molecule has 0 radical (unpaired) electrons. The summed E-state index contributed by atoms with van der Waals surface area (Å²) in [5, 5.41) is 7.83. The maximum Gasteiger partial charge on any atom is 0.343 e. The molecule has 162 valence electrons. The van der Waals surface area contributed by atoms with Crippen LogP contribution in [-0.4, -0.2) is 31.6 Å². The zero-order valence-corrected chi connectivity index (χ0v) is 18.2. The van der Waals surface area contributed by atoms with Crippen LogP contribution in [0.3, 0.4) is 0 Å². The van der Waals surface area contributed by atoms with Crippen LogP contribution in [0, 0.1) is 0 Å². The number of benzene rings is 3. The fourth-order valence-corrected chi connectivity index (χ4v) is 4.30. The van der Waals surface area contributed by atoms with Crippen molar-refractivity contribution in [1.29, 1.82) is 0 Å². The lowest BCUT2D eigenvalue weighted by molar-refractivity contribution is 0.0734. The topological polar surface area (TPSA) is 103 Å². The molecule has 1 aromatic heterocycles. The molecule has 0 saturated carbocycles. The summed E-state index contributed by atoms with van der Waals surface area (Å²) in [5.41, 5.74) is 1.15. The highest BCUT2D eigenvalue weighted by molar-refractivity contribution is 7.92. The first-order chi connectivity index (χ1) is 15.3. The fraction of sp³-hybridized carbons (Fsp3) is 0.0455. The van der Waals surface area contributed by atoms with Gasteiger partial charge in [-0.25, -0.2) is 13.2 Å². The van der Waals surface area contributed by atoms with Gasteiger partial charge < -0.3 is 9.15 Å². The molecule has 10 heteroatoms. The largest absolute Gasteiger partial charge is 0.423 e. The third-order valence-corrected chi connectivity index (χ3v) is 6.59. The molecule has 3 aromatic carbocycles. The van der Waals surface area contributed by atoms with E-state index in [2.05, 4.69) is 10.2 Å². The Morgan fingerprint density at radius 2 is 1.78 bits per heavy atom. The number of sulfonamides is 1. The van der Waals surface area contributed by atoms with Crippen molar-refractivity contribution >= 4 is 33.3 Å². The van der Waals surface area contributed by atoms with Crippen molar-refractivity contribution in [2.24, 2.45) is 0 Å². The van der Waals surface area contributed by atoms with Gasteiger partial charge in [0.25, 0.3) is 10.0 Å². The average molecular weight is 470 g/mol. The second-order valence-corrected chi connectivity index (χ2v) is 9.04. The predicted molar refractivity (Wildman–Crippen MR) is 118 cm³/mol. The summed E-state index contributed by atoms with van der Waals surface area (Å²) < 4.78 is 37.7. The summed E-state index contributed by atoms with van der Waals surface area (Å²) in [5.74, 6) is -0.0785. The van der Waals surface area contributed by atoms with E-state index in [-0.39, 0.29) is 16.2 Å². The summed E-state index contributed by atoms with van der Waals surface area (Å²) in [7, 11) is -2.51. The second kappa shape index (κ2) is 8.81. The van der Waals surface area contributed by atoms with Crippen molar-refractivity contribution in [1.82, 2.24) is 10.2 Å². The standard InChI is InChI=1S/C22H16ClN3O5S/c1-26(18-6-3-5-17(23)13-18)32(28,29)20-7-2-4-16(12-20)22(27)31-19-10-8-15(9-11-19)21-25-24-14-30-21/h2-14H,1H3. The van der Waals surface area contributed by atoms with Crippen LogP contribution >= 0.6 is 11.6 Å². The SMILES string of the molecule is CN(c1cccc(Cl)c1)S(=O)(=O)c1cccc(C(=O)Oc2ccc(-c3nnco3)cc2)c1. The molecule has 0 bridgehead atoms. The highest BCUT2D eigenvalue weighted by atomic mass is 35.5. The van der Waals surface area contributed by atoms with Gasteiger partial charge in [-0.3, -0.25) is 4.31 Å². The van der Waals surface area contributed by atoms with Crippen LogP contribution in [0.15, 0.2) is 88.5 Å². The van der Waals surface area contributed by atoms with Gasteiger partial charge >= 0.3 is 5.97 Å². The highest BCUT2D eigenvalue weighted by Gasteiger charge is 2.23. The third-order valence-electron chi connectivity index (χ3n) is 4.57. The van der Waals surface area contributed by atoms with Crippen molar-refractivity contribution in [3.05, 3.63) is 89.8 Å². The monoisotopic (exact) mass is 469 g/mol. The second-order valence-electron chi connectivity index (χ2n) is 6.64. The lowest BCUT2D eigenvalue weighted by Gasteiger charge is -2.20. The maximum absolute atomic E-state index is 13.0. The lowest BCUT2D eigenvalue weighted by Crippen LogP contribution is -2.26. The first-order valence-electron chi connectivity index (χ1n) is 9.28. The Hall–Kier alpha value is -3.69. The van der Waals surface area contributed by atoms with Crippen molar-refractivity contribution < 1.29 is 22.4 Å². The van der Waals surface area contributed by atoms with E-state index >= 15 is 0 Å². The number of nitrogens with zero attached hydrogens (tertiary/aromatic N) is 3. The molecule has 0 atom stereocenters. The first kappa shape index (κ1) is 21.5. The number of anilines is 1. The number of carbonyl (C=O) groups is 1. The van der Waals surface area contributed by atoms with Crippen LogP contribution < -0.4 is 9.04 Å². The summed E-state index contributed by atoms with van der Waals surface area (Å²) in [6.07, 6.45) is 1.22. The Kier molecular flexibility index (Phi) is 5.93. The van der Waals surface area contributed by atoms with E-state index in [0.29, 0.717) is 22.2 Å². The number of hydrogen-bond donors (Lipinski definition) is 0. The summed E-state index contributed by atoms with van der Waals surface area (Å²) in [6.45, 7) is 0. The minimum absolute atomic E-state index is 0.0545. The molecule has 0 aliphatic heterocycles. The quantitative estimate of drug-likeness (QED) is 0.304. The Balaban J connectivity index is 1.53. The van der Waals surface area contributed by atoms with Gasteiger partial charge in [-0.05, 0) is 60.7 Å². The van der Waals surface area contributed by atoms with Crippen LogP contribution in [0.2, 0.25) is 5.02 Å². The van der Waals surface area contributed by atoms with Gasteiger partial charge in [0.05, 0.1) is 16.1 Å². The molecular formula is C22H16ClN3O5S. The van der Waals surface area contributed by atoms with E-state index in [0.717, 1.165) is 4.31 Å². The van der Waals surface area contributed by atoms with Crippen LogP contribution in [0.4, 0.5) is 5.69 Å². The van der Waals surface area contributed by atoms with Gasteiger partial charge in [-0.15, -0.1) is 10.2 Å². The van der Waals surface area contributed by atoms with Gasteiger partial charge in [0.15, 0.2) is 0 Å². The number of aromatic nitrogens is 2. The van der Waals surface area contributed by atoms with Gasteiger partial charge in [-0.1, -0.05) is 23.7 Å². The van der Waals surface area contributed by atoms with Crippen molar-refractivity contribution in [3.8, 4) is 17.2 Å². The zero-order valence-electron chi connectivity index (χ0n) is 16.7. The molecule has 0 N–H and O–H groups in total. The van der Waals surface area contributed by atoms with E-state index < -0.39 is 16.0 Å². The lowest BCUT2D eigenvalue weighted by atomic mass is 10.2. The highest BCUT2D eigenvalue weighted by Crippen LogP contribution is 2.26. The Morgan fingerprint density at radius 3 is 2.47 bits per heavy atom. The van der Waals surface area contributed by atoms with Crippen LogP contribution in [0.25, 0.3) is 11.5 Å². The van der Waals surface area contributed by atoms with Gasteiger partial charge in [0, 0.05) is 17.6 Å². The fourth-order valence-electron chi connectivity index (χ4n) is 2.88. The van der Waals surface area contributed by atoms with E-state index in [1.165, 1.54) is 43.8 Å². The molecule has 0 aliphatic carbocycles. The van der Waals surface area contributed by atoms with Gasteiger partial charge in [-0.2, -0.15) is 0 Å². The van der Waals surface area contributed by atoms with Crippen LogP contribution in [-0.2, 0) is 10.0 Å². The minimum atomic E-state index is -3.92. The van der Waals surface area contributed by atoms with Crippen molar-refractivity contribution in [2.75, 3.05) is 11.4 Å². The third kappa shape index (κ3) is 4.48. The smallest absolute Gasteiger partial charge is 0.343 e. The van der Waals surface area contributed by atoms with E-state index in [1.54, 1.807) is 42.5 Å². The number of ether oxygens (including phenoxy) is 1. The normalized spacial score (nSPS) is 11.2. The number of halogens is 1. The maximum atomic E-state index is 13.0. The molecule has 0 saturated heterocycles. The molecule has 8 nitrogen and oxygen atoms in total. The first-order valence-corrected chi connectivity index (χ1v) is 11.1. The molecule has 4 aromatic rings. The summed E-state index contributed by atoms with van der Waals surface area (Å²) >= 11 is 5.97. The molecule has 1 heterocycles. The Bertz CT molecular complexity index is 1360. The molecular weight excluding hydrogens is 454 g/mol. The molecule has 0 unspecified atom stereocenters. The minimum Gasteiger partial charge on any atom is -0.423 e. The van der Waals surface area contributed by atoms with Gasteiger partial charge in [0.2, 0.25) is 12.3 Å². The van der Waals surface area contributed by atoms with E-state index in [9.17, 15) is 13.2 Å². The molecule has 32 heavy (non-hydrogen) atoms. The zero-order chi connectivity index (χ0) is 22.7. The number of carbonyl (C=O) groups excluding carboxylic acids is 1. The molecule has 0 spiro atoms. The Labute approximate surface area is 189 Å². The Morgan fingerprint density at radius 1 is 1.03 bits per heavy atom. The number of esters is 1. The number of rotatable bonds is 6. The average Bonchev–Trinajstić information content (AvgIpc) is 3.34. The number of hydrogen-bond acceptors (Lipinski definition) is 7. The molecule has 0 aliphatic rings. The summed E-state index contributed by atoms with van der Waals surface area (Å²) in [4.78, 5) is 12.5. The van der Waals surface area contributed by atoms with Crippen LogP contribution in [0.5, 0.6) is 5.75 Å². The van der Waals surface area contributed by atoms with Crippen molar-refractivity contribution in [2.45, 2.75) is 4.90 Å². The molecule has 4 rings (SSSR count). The van der Waals surface area contributed by atoms with Gasteiger partial charge in [0.1, 0.15) is 5.75 Å². The van der Waals surface area contributed by atoms with Crippen LogP contribution in [0.1, 0.15) is 10.4 Å². The van der Waals surface area contributed by atoms with E-state index in [1.807, 2.05) is 0 Å². The van der Waals surface area contributed by atoms with E-state index in [4.69, 9.17) is 20.8 Å².